The number of rotatable bonds is 4. The molecular formula is C9H12ClN5. The SMILES string of the molecule is CCC(Cl)CNc1ncnc2nc[nH]c12. The molecule has 2 aromatic rings. The molecule has 0 fully saturated rings. The minimum absolute atomic E-state index is 0.109. The van der Waals surface area contributed by atoms with Crippen LogP contribution in [0.25, 0.3) is 11.2 Å². The summed E-state index contributed by atoms with van der Waals surface area (Å²) in [5.41, 5.74) is 1.48. The Hall–Kier alpha value is -1.36. The van der Waals surface area contributed by atoms with Crippen LogP contribution in [0.15, 0.2) is 12.7 Å². The van der Waals surface area contributed by atoms with Crippen molar-refractivity contribution in [3.63, 3.8) is 0 Å². The van der Waals surface area contributed by atoms with Crippen LogP contribution >= 0.6 is 11.6 Å². The smallest absolute Gasteiger partial charge is 0.182 e. The van der Waals surface area contributed by atoms with Gasteiger partial charge in [0.25, 0.3) is 0 Å². The number of alkyl halides is 1. The van der Waals surface area contributed by atoms with Gasteiger partial charge in [-0.15, -0.1) is 11.6 Å². The highest BCUT2D eigenvalue weighted by Gasteiger charge is 2.06. The Morgan fingerprint density at radius 2 is 2.33 bits per heavy atom. The molecule has 0 spiro atoms. The van der Waals surface area contributed by atoms with Crippen LogP contribution in [-0.4, -0.2) is 31.9 Å². The normalized spacial score (nSPS) is 12.9. The number of halogens is 1. The largest absolute Gasteiger partial charge is 0.367 e. The lowest BCUT2D eigenvalue weighted by Gasteiger charge is -2.08. The van der Waals surface area contributed by atoms with Gasteiger partial charge in [0.05, 0.1) is 11.7 Å². The number of H-pyrrole nitrogens is 1. The lowest BCUT2D eigenvalue weighted by Crippen LogP contribution is -2.14. The summed E-state index contributed by atoms with van der Waals surface area (Å²) < 4.78 is 0. The molecule has 0 aromatic carbocycles. The summed E-state index contributed by atoms with van der Waals surface area (Å²) in [6.07, 6.45) is 4.01. The van der Waals surface area contributed by atoms with Gasteiger partial charge in [0.2, 0.25) is 0 Å². The number of hydrogen-bond acceptors (Lipinski definition) is 4. The van der Waals surface area contributed by atoms with Gasteiger partial charge in [-0.25, -0.2) is 15.0 Å². The summed E-state index contributed by atoms with van der Waals surface area (Å²) in [4.78, 5) is 15.2. The summed E-state index contributed by atoms with van der Waals surface area (Å²) in [7, 11) is 0. The zero-order chi connectivity index (χ0) is 10.7. The highest BCUT2D eigenvalue weighted by Crippen LogP contribution is 2.14. The van der Waals surface area contributed by atoms with Crippen LogP contribution in [0.1, 0.15) is 13.3 Å². The van der Waals surface area contributed by atoms with E-state index >= 15 is 0 Å². The number of anilines is 1. The lowest BCUT2D eigenvalue weighted by atomic mass is 10.3. The Morgan fingerprint density at radius 3 is 3.13 bits per heavy atom. The average molecular weight is 226 g/mol. The maximum absolute atomic E-state index is 6.01. The fourth-order valence-electron chi connectivity index (χ4n) is 1.25. The molecule has 1 atom stereocenters. The molecule has 6 heteroatoms. The second kappa shape index (κ2) is 4.44. The molecule has 5 nitrogen and oxygen atoms in total. The molecule has 0 saturated carbocycles. The number of aromatic nitrogens is 4. The monoisotopic (exact) mass is 225 g/mol. The van der Waals surface area contributed by atoms with Crippen molar-refractivity contribution in [3.8, 4) is 0 Å². The topological polar surface area (TPSA) is 66.5 Å². The zero-order valence-electron chi connectivity index (χ0n) is 8.37. The van der Waals surface area contributed by atoms with E-state index in [1.807, 2.05) is 6.92 Å². The molecule has 0 amide bonds. The number of nitrogens with one attached hydrogen (secondary N) is 2. The van der Waals surface area contributed by atoms with Gasteiger partial charge in [-0.3, -0.25) is 0 Å². The number of hydrogen-bond donors (Lipinski definition) is 2. The molecule has 0 radical (unpaired) electrons. The van der Waals surface area contributed by atoms with Crippen molar-refractivity contribution in [2.75, 3.05) is 11.9 Å². The van der Waals surface area contributed by atoms with Crippen molar-refractivity contribution >= 4 is 28.6 Å². The molecule has 0 aliphatic carbocycles. The lowest BCUT2D eigenvalue weighted by molar-refractivity contribution is 0.841. The predicted octanol–water partition coefficient (Wildman–Crippen LogP) is 1.78. The highest BCUT2D eigenvalue weighted by atomic mass is 35.5. The molecule has 2 aromatic heterocycles. The van der Waals surface area contributed by atoms with Crippen LogP contribution in [0.2, 0.25) is 0 Å². The van der Waals surface area contributed by atoms with Crippen LogP contribution in [0.3, 0.4) is 0 Å². The second-order valence-corrected chi connectivity index (χ2v) is 3.83. The zero-order valence-corrected chi connectivity index (χ0v) is 9.12. The minimum Gasteiger partial charge on any atom is -0.367 e. The summed E-state index contributed by atoms with van der Waals surface area (Å²) in [6.45, 7) is 2.73. The van der Waals surface area contributed by atoms with Gasteiger partial charge >= 0.3 is 0 Å². The highest BCUT2D eigenvalue weighted by molar-refractivity contribution is 6.20. The molecule has 0 bridgehead atoms. The van der Waals surface area contributed by atoms with E-state index in [0.717, 1.165) is 17.8 Å². The van der Waals surface area contributed by atoms with Gasteiger partial charge in [-0.1, -0.05) is 6.92 Å². The van der Waals surface area contributed by atoms with Crippen molar-refractivity contribution in [3.05, 3.63) is 12.7 Å². The number of imidazole rings is 1. The first-order valence-corrected chi connectivity index (χ1v) is 5.27. The van der Waals surface area contributed by atoms with Crippen LogP contribution in [-0.2, 0) is 0 Å². The van der Waals surface area contributed by atoms with E-state index in [1.165, 1.54) is 6.33 Å². The summed E-state index contributed by atoms with van der Waals surface area (Å²) in [5.74, 6) is 0.747. The first-order chi connectivity index (χ1) is 7.31. The number of fused-ring (bicyclic) bond motifs is 1. The molecule has 15 heavy (non-hydrogen) atoms. The molecule has 1 unspecified atom stereocenters. The summed E-state index contributed by atoms with van der Waals surface area (Å²) in [6, 6.07) is 0. The van der Waals surface area contributed by atoms with Gasteiger partial charge < -0.3 is 10.3 Å². The molecule has 0 saturated heterocycles. The van der Waals surface area contributed by atoms with Crippen molar-refractivity contribution in [2.24, 2.45) is 0 Å². The van der Waals surface area contributed by atoms with Gasteiger partial charge in [0, 0.05) is 6.54 Å². The third-order valence-electron chi connectivity index (χ3n) is 2.16. The Bertz CT molecular complexity index is 441. The predicted molar refractivity (Wildman–Crippen MR) is 60.1 cm³/mol. The van der Waals surface area contributed by atoms with E-state index in [9.17, 15) is 0 Å². The summed E-state index contributed by atoms with van der Waals surface area (Å²) in [5, 5.41) is 3.28. The Labute approximate surface area is 92.3 Å². The standard InChI is InChI=1S/C9H12ClN5/c1-2-6(10)3-11-8-7-9(13-4-12-7)15-5-14-8/h4-6H,2-3H2,1H3,(H2,11,12,13,14,15). The van der Waals surface area contributed by atoms with E-state index in [-0.39, 0.29) is 5.38 Å². The van der Waals surface area contributed by atoms with Gasteiger partial charge in [0.1, 0.15) is 11.8 Å². The number of aromatic amines is 1. The maximum Gasteiger partial charge on any atom is 0.182 e. The number of nitrogens with zero attached hydrogens (tertiary/aromatic N) is 3. The van der Waals surface area contributed by atoms with Gasteiger partial charge in [0.15, 0.2) is 11.5 Å². The first kappa shape index (κ1) is 10.2. The molecule has 2 rings (SSSR count). The summed E-state index contributed by atoms with van der Waals surface area (Å²) >= 11 is 6.01. The van der Waals surface area contributed by atoms with Crippen molar-refractivity contribution in [1.29, 1.82) is 0 Å². The Balaban J connectivity index is 2.17. The molecule has 2 heterocycles. The van der Waals surface area contributed by atoms with E-state index in [2.05, 4.69) is 25.3 Å². The maximum atomic E-state index is 6.01. The Kier molecular flexibility index (Phi) is 3.01. The van der Waals surface area contributed by atoms with Crippen LogP contribution in [0.4, 0.5) is 5.82 Å². The third kappa shape index (κ3) is 2.18. The Morgan fingerprint density at radius 1 is 1.47 bits per heavy atom. The molecule has 80 valence electrons. The van der Waals surface area contributed by atoms with E-state index in [4.69, 9.17) is 11.6 Å². The van der Waals surface area contributed by atoms with E-state index < -0.39 is 0 Å². The molecule has 0 aliphatic rings. The van der Waals surface area contributed by atoms with Crippen LogP contribution < -0.4 is 5.32 Å². The first-order valence-electron chi connectivity index (χ1n) is 4.83. The third-order valence-corrected chi connectivity index (χ3v) is 2.62. The van der Waals surface area contributed by atoms with Crippen LogP contribution in [0.5, 0.6) is 0 Å². The van der Waals surface area contributed by atoms with Crippen molar-refractivity contribution < 1.29 is 0 Å². The van der Waals surface area contributed by atoms with E-state index in [0.29, 0.717) is 12.2 Å². The minimum atomic E-state index is 0.109. The molecule has 0 aliphatic heterocycles. The van der Waals surface area contributed by atoms with Gasteiger partial charge in [-0.2, -0.15) is 0 Å². The van der Waals surface area contributed by atoms with Gasteiger partial charge in [-0.05, 0) is 6.42 Å². The van der Waals surface area contributed by atoms with E-state index in [1.54, 1.807) is 6.33 Å². The van der Waals surface area contributed by atoms with Crippen molar-refractivity contribution in [1.82, 2.24) is 19.9 Å². The molecule has 2 N–H and O–H groups in total. The van der Waals surface area contributed by atoms with Crippen molar-refractivity contribution in [2.45, 2.75) is 18.7 Å². The quantitative estimate of drug-likeness (QED) is 0.779. The molecular weight excluding hydrogens is 214 g/mol. The fraction of sp³-hybridized carbons (Fsp3) is 0.444. The second-order valence-electron chi connectivity index (χ2n) is 3.21. The van der Waals surface area contributed by atoms with Crippen LogP contribution in [0, 0.1) is 0 Å². The fourth-order valence-corrected chi connectivity index (χ4v) is 1.33. The average Bonchev–Trinajstić information content (AvgIpc) is 2.74.